The van der Waals surface area contributed by atoms with Gasteiger partial charge in [0.2, 0.25) is 5.76 Å². The third-order valence-corrected chi connectivity index (χ3v) is 2.55. The first-order valence-corrected chi connectivity index (χ1v) is 5.49. The van der Waals surface area contributed by atoms with Crippen molar-refractivity contribution in [2.24, 2.45) is 0 Å². The number of anilines is 1. The molecule has 6 heteroatoms. The Balaban J connectivity index is 2.08. The fourth-order valence-electron chi connectivity index (χ4n) is 1.64. The molecule has 0 fully saturated rings. The molecule has 0 radical (unpaired) electrons. The van der Waals surface area contributed by atoms with Crippen molar-refractivity contribution < 1.29 is 23.1 Å². The maximum atomic E-state index is 13.0. The summed E-state index contributed by atoms with van der Waals surface area (Å²) < 4.78 is 30.8. The molecule has 0 aliphatic heterocycles. The van der Waals surface area contributed by atoms with Crippen molar-refractivity contribution in [1.82, 2.24) is 0 Å². The van der Waals surface area contributed by atoms with Crippen molar-refractivity contribution in [2.45, 2.75) is 13.5 Å². The summed E-state index contributed by atoms with van der Waals surface area (Å²) in [6.07, 6.45) is 0. The van der Waals surface area contributed by atoms with E-state index in [0.29, 0.717) is 17.0 Å². The molecule has 2 N–H and O–H groups in total. The van der Waals surface area contributed by atoms with Crippen LogP contribution in [-0.2, 0) is 6.54 Å². The third kappa shape index (κ3) is 2.90. The number of carbonyl (C=O) groups is 1. The van der Waals surface area contributed by atoms with Crippen LogP contribution in [0.1, 0.15) is 21.9 Å². The van der Waals surface area contributed by atoms with E-state index >= 15 is 0 Å². The molecule has 1 aromatic carbocycles. The molecular weight excluding hydrogens is 256 g/mol. The molecule has 0 saturated carbocycles. The molecule has 1 aromatic heterocycles. The molecule has 0 amide bonds. The van der Waals surface area contributed by atoms with Gasteiger partial charge in [-0.3, -0.25) is 0 Å². The lowest BCUT2D eigenvalue weighted by Crippen LogP contribution is -1.99. The average Bonchev–Trinajstić information content (AvgIpc) is 2.72. The SMILES string of the molecule is Cc1cc(CNc2ccc(F)c(F)c2)oc1C(=O)O. The lowest BCUT2D eigenvalue weighted by atomic mass is 10.2. The van der Waals surface area contributed by atoms with Crippen LogP contribution < -0.4 is 5.32 Å². The summed E-state index contributed by atoms with van der Waals surface area (Å²) in [5.41, 5.74) is 0.888. The number of carboxylic acids is 1. The van der Waals surface area contributed by atoms with Gasteiger partial charge in [0.1, 0.15) is 5.76 Å². The lowest BCUT2D eigenvalue weighted by molar-refractivity contribution is 0.0659. The van der Waals surface area contributed by atoms with E-state index in [1.54, 1.807) is 13.0 Å². The zero-order valence-corrected chi connectivity index (χ0v) is 10.0. The first kappa shape index (κ1) is 13.1. The highest BCUT2D eigenvalue weighted by Crippen LogP contribution is 2.17. The summed E-state index contributed by atoms with van der Waals surface area (Å²) in [7, 11) is 0. The summed E-state index contributed by atoms with van der Waals surface area (Å²) in [6.45, 7) is 1.80. The first-order chi connectivity index (χ1) is 8.97. The summed E-state index contributed by atoms with van der Waals surface area (Å²) in [4.78, 5) is 10.8. The van der Waals surface area contributed by atoms with Crippen LogP contribution >= 0.6 is 0 Å². The van der Waals surface area contributed by atoms with Gasteiger partial charge >= 0.3 is 5.97 Å². The van der Waals surface area contributed by atoms with Crippen molar-refractivity contribution in [3.63, 3.8) is 0 Å². The Morgan fingerprint density at radius 2 is 2.05 bits per heavy atom. The van der Waals surface area contributed by atoms with Crippen molar-refractivity contribution >= 4 is 11.7 Å². The van der Waals surface area contributed by atoms with Gasteiger partial charge in [-0.15, -0.1) is 0 Å². The Morgan fingerprint density at radius 1 is 1.32 bits per heavy atom. The van der Waals surface area contributed by atoms with E-state index in [1.165, 1.54) is 6.07 Å². The molecule has 0 spiro atoms. The molecule has 0 aliphatic rings. The number of hydrogen-bond donors (Lipinski definition) is 2. The maximum absolute atomic E-state index is 13.0. The molecule has 1 heterocycles. The molecular formula is C13H11F2NO3. The quantitative estimate of drug-likeness (QED) is 0.893. The van der Waals surface area contributed by atoms with Crippen LogP contribution in [0.3, 0.4) is 0 Å². The molecule has 0 saturated heterocycles. The zero-order valence-electron chi connectivity index (χ0n) is 10.0. The van der Waals surface area contributed by atoms with Crippen LogP contribution in [0, 0.1) is 18.6 Å². The number of furan rings is 1. The van der Waals surface area contributed by atoms with E-state index in [1.807, 2.05) is 0 Å². The largest absolute Gasteiger partial charge is 0.475 e. The number of nitrogens with one attached hydrogen (secondary N) is 1. The fraction of sp³-hybridized carbons (Fsp3) is 0.154. The highest BCUT2D eigenvalue weighted by molar-refractivity contribution is 5.86. The lowest BCUT2D eigenvalue weighted by Gasteiger charge is -2.04. The number of aryl methyl sites for hydroxylation is 1. The highest BCUT2D eigenvalue weighted by atomic mass is 19.2. The van der Waals surface area contributed by atoms with Gasteiger partial charge in [-0.1, -0.05) is 0 Å². The Hall–Kier alpha value is -2.37. The van der Waals surface area contributed by atoms with Crippen LogP contribution in [0.2, 0.25) is 0 Å². The normalized spacial score (nSPS) is 10.5. The van der Waals surface area contributed by atoms with E-state index in [0.717, 1.165) is 12.1 Å². The van der Waals surface area contributed by atoms with Crippen molar-refractivity contribution in [1.29, 1.82) is 0 Å². The zero-order chi connectivity index (χ0) is 14.0. The van der Waals surface area contributed by atoms with E-state index in [9.17, 15) is 13.6 Å². The molecule has 4 nitrogen and oxygen atoms in total. The number of halogens is 2. The molecule has 2 aromatic rings. The molecule has 0 unspecified atom stereocenters. The molecule has 0 aliphatic carbocycles. The van der Waals surface area contributed by atoms with E-state index < -0.39 is 17.6 Å². The second-order valence-electron chi connectivity index (χ2n) is 4.01. The summed E-state index contributed by atoms with van der Waals surface area (Å²) >= 11 is 0. The summed E-state index contributed by atoms with van der Waals surface area (Å²) in [6, 6.07) is 4.99. The molecule has 2 rings (SSSR count). The summed E-state index contributed by atoms with van der Waals surface area (Å²) in [5, 5.41) is 11.6. The Bertz CT molecular complexity index is 622. The van der Waals surface area contributed by atoms with Crippen LogP contribution in [0.15, 0.2) is 28.7 Å². The Kier molecular flexibility index (Phi) is 3.50. The van der Waals surface area contributed by atoms with Gasteiger partial charge in [-0.05, 0) is 25.1 Å². The van der Waals surface area contributed by atoms with Gasteiger partial charge in [0, 0.05) is 17.3 Å². The van der Waals surface area contributed by atoms with Gasteiger partial charge < -0.3 is 14.8 Å². The van der Waals surface area contributed by atoms with Crippen molar-refractivity contribution in [3.8, 4) is 0 Å². The Labute approximate surface area is 107 Å². The Morgan fingerprint density at radius 3 is 2.63 bits per heavy atom. The minimum atomic E-state index is -1.14. The number of aromatic carboxylic acids is 1. The number of hydrogen-bond acceptors (Lipinski definition) is 3. The standard InChI is InChI=1S/C13H11F2NO3/c1-7-4-9(19-12(7)13(17)18)6-16-8-2-3-10(14)11(15)5-8/h2-5,16H,6H2,1H3,(H,17,18). The molecule has 0 atom stereocenters. The smallest absolute Gasteiger partial charge is 0.372 e. The van der Waals surface area contributed by atoms with Crippen molar-refractivity contribution in [3.05, 3.63) is 53.0 Å². The highest BCUT2D eigenvalue weighted by Gasteiger charge is 2.14. The topological polar surface area (TPSA) is 62.5 Å². The average molecular weight is 267 g/mol. The van der Waals surface area contributed by atoms with E-state index in [4.69, 9.17) is 9.52 Å². The second kappa shape index (κ2) is 5.09. The first-order valence-electron chi connectivity index (χ1n) is 5.49. The molecule has 100 valence electrons. The summed E-state index contributed by atoms with van der Waals surface area (Å²) in [5.74, 6) is -2.74. The van der Waals surface area contributed by atoms with Crippen LogP contribution in [0.25, 0.3) is 0 Å². The third-order valence-electron chi connectivity index (χ3n) is 2.55. The van der Waals surface area contributed by atoms with Crippen LogP contribution in [0.5, 0.6) is 0 Å². The minimum Gasteiger partial charge on any atom is -0.475 e. The molecule has 19 heavy (non-hydrogen) atoms. The van der Waals surface area contributed by atoms with Gasteiger partial charge in [0.15, 0.2) is 11.6 Å². The van der Waals surface area contributed by atoms with E-state index in [-0.39, 0.29) is 12.3 Å². The predicted molar refractivity (Wildman–Crippen MR) is 64.1 cm³/mol. The van der Waals surface area contributed by atoms with Gasteiger partial charge in [0.25, 0.3) is 0 Å². The maximum Gasteiger partial charge on any atom is 0.372 e. The number of carboxylic acid groups (broad SMARTS) is 1. The van der Waals surface area contributed by atoms with Crippen molar-refractivity contribution in [2.75, 3.05) is 5.32 Å². The van der Waals surface area contributed by atoms with Crippen LogP contribution in [-0.4, -0.2) is 11.1 Å². The van der Waals surface area contributed by atoms with Gasteiger partial charge in [-0.25, -0.2) is 13.6 Å². The second-order valence-corrected chi connectivity index (χ2v) is 4.01. The monoisotopic (exact) mass is 267 g/mol. The molecule has 0 bridgehead atoms. The van der Waals surface area contributed by atoms with E-state index in [2.05, 4.69) is 5.32 Å². The fourth-order valence-corrected chi connectivity index (χ4v) is 1.64. The van der Waals surface area contributed by atoms with Gasteiger partial charge in [0.05, 0.1) is 6.54 Å². The van der Waals surface area contributed by atoms with Gasteiger partial charge in [-0.2, -0.15) is 0 Å². The minimum absolute atomic E-state index is 0.123. The predicted octanol–water partition coefficient (Wildman–Crippen LogP) is 3.18. The number of rotatable bonds is 4. The number of benzene rings is 1. The van der Waals surface area contributed by atoms with Crippen LogP contribution in [0.4, 0.5) is 14.5 Å².